The average molecular weight is 302 g/mol. The van der Waals surface area contributed by atoms with Crippen molar-refractivity contribution in [1.82, 2.24) is 10.2 Å². The minimum Gasteiger partial charge on any atom is -0.314 e. The summed E-state index contributed by atoms with van der Waals surface area (Å²) in [6, 6.07) is -0.315. The number of benzene rings is 1. The van der Waals surface area contributed by atoms with Crippen molar-refractivity contribution < 1.29 is 17.6 Å². The summed E-state index contributed by atoms with van der Waals surface area (Å²) < 4.78 is 55.2. The summed E-state index contributed by atoms with van der Waals surface area (Å²) in [5.74, 6) is -4.74. The molecule has 1 saturated heterocycles. The summed E-state index contributed by atoms with van der Waals surface area (Å²) in [5.41, 5.74) is -0.443. The third-order valence-corrected chi connectivity index (χ3v) is 4.32. The van der Waals surface area contributed by atoms with Gasteiger partial charge in [-0.2, -0.15) is 0 Å². The van der Waals surface area contributed by atoms with Gasteiger partial charge >= 0.3 is 0 Å². The highest BCUT2D eigenvalue weighted by atomic mass is 19.2. The molecule has 0 bridgehead atoms. The van der Waals surface area contributed by atoms with Gasteiger partial charge in [-0.1, -0.05) is 12.8 Å². The lowest BCUT2D eigenvalue weighted by Gasteiger charge is -2.35. The monoisotopic (exact) mass is 302 g/mol. The van der Waals surface area contributed by atoms with Crippen LogP contribution in [0.15, 0.2) is 6.07 Å². The lowest BCUT2D eigenvalue weighted by Crippen LogP contribution is -2.45. The molecule has 3 rings (SSSR count). The van der Waals surface area contributed by atoms with E-state index in [-0.39, 0.29) is 6.07 Å². The van der Waals surface area contributed by atoms with Crippen LogP contribution in [0, 0.1) is 29.2 Å². The van der Waals surface area contributed by atoms with Crippen LogP contribution in [0.25, 0.3) is 0 Å². The Morgan fingerprint density at radius 3 is 2.14 bits per heavy atom. The first-order valence-electron chi connectivity index (χ1n) is 7.35. The van der Waals surface area contributed by atoms with Crippen LogP contribution >= 0.6 is 0 Å². The van der Waals surface area contributed by atoms with Crippen molar-refractivity contribution in [2.45, 2.75) is 25.3 Å². The molecule has 21 heavy (non-hydrogen) atoms. The second kappa shape index (κ2) is 5.93. The fraction of sp³-hybridized carbons (Fsp3) is 0.600. The van der Waals surface area contributed by atoms with E-state index in [9.17, 15) is 17.6 Å². The molecule has 2 fully saturated rings. The van der Waals surface area contributed by atoms with E-state index in [1.54, 1.807) is 0 Å². The summed E-state index contributed by atoms with van der Waals surface area (Å²) in [6.07, 6.45) is 2.59. The van der Waals surface area contributed by atoms with Gasteiger partial charge in [-0.3, -0.25) is 4.90 Å². The third-order valence-electron chi connectivity index (χ3n) is 4.32. The van der Waals surface area contributed by atoms with Crippen molar-refractivity contribution in [2.75, 3.05) is 26.2 Å². The van der Waals surface area contributed by atoms with Crippen LogP contribution in [0.3, 0.4) is 0 Å². The zero-order chi connectivity index (χ0) is 15.0. The minimum atomic E-state index is -1.32. The molecule has 1 atom stereocenters. The number of piperazine rings is 1. The number of hydrogen-bond donors (Lipinski definition) is 1. The van der Waals surface area contributed by atoms with Gasteiger partial charge in [-0.25, -0.2) is 17.6 Å². The first-order chi connectivity index (χ1) is 10.1. The normalized spacial score (nSPS) is 21.5. The van der Waals surface area contributed by atoms with E-state index < -0.39 is 34.9 Å². The molecule has 0 unspecified atom stereocenters. The molecule has 0 radical (unpaired) electrons. The summed E-state index contributed by atoms with van der Waals surface area (Å²) in [6.45, 7) is 2.66. The smallest absolute Gasteiger partial charge is 0.166 e. The molecule has 6 heteroatoms. The maximum absolute atomic E-state index is 14.1. The van der Waals surface area contributed by atoms with Crippen molar-refractivity contribution in [1.29, 1.82) is 0 Å². The van der Waals surface area contributed by atoms with Crippen molar-refractivity contribution in [3.05, 3.63) is 34.9 Å². The third kappa shape index (κ3) is 3.06. The first-order valence-corrected chi connectivity index (χ1v) is 7.35. The molecule has 0 spiro atoms. The maximum Gasteiger partial charge on any atom is 0.166 e. The minimum absolute atomic E-state index is 0.278. The molecule has 1 saturated carbocycles. The van der Waals surface area contributed by atoms with Crippen LogP contribution in [0.5, 0.6) is 0 Å². The quantitative estimate of drug-likeness (QED) is 0.679. The lowest BCUT2D eigenvalue weighted by molar-refractivity contribution is 0.152. The zero-order valence-electron chi connectivity index (χ0n) is 11.6. The number of nitrogens with one attached hydrogen (secondary N) is 1. The van der Waals surface area contributed by atoms with Gasteiger partial charge < -0.3 is 5.32 Å². The predicted octanol–water partition coefficient (Wildman–Crippen LogP) is 2.99. The summed E-state index contributed by atoms with van der Waals surface area (Å²) >= 11 is 0. The molecule has 0 amide bonds. The zero-order valence-corrected chi connectivity index (χ0v) is 11.6. The Morgan fingerprint density at radius 2 is 1.62 bits per heavy atom. The molecule has 1 aromatic carbocycles. The van der Waals surface area contributed by atoms with E-state index >= 15 is 0 Å². The highest BCUT2D eigenvalue weighted by Crippen LogP contribution is 2.42. The molecule has 1 heterocycles. The van der Waals surface area contributed by atoms with E-state index in [2.05, 4.69) is 5.32 Å². The topological polar surface area (TPSA) is 15.3 Å². The summed E-state index contributed by atoms with van der Waals surface area (Å²) in [7, 11) is 0. The average Bonchev–Trinajstić information content (AvgIpc) is 3.29. The molecule has 0 aromatic heterocycles. The van der Waals surface area contributed by atoms with Gasteiger partial charge in [0.2, 0.25) is 0 Å². The predicted molar refractivity (Wildman–Crippen MR) is 70.8 cm³/mol. The van der Waals surface area contributed by atoms with E-state index in [0.29, 0.717) is 38.5 Å². The first kappa shape index (κ1) is 14.8. The second-order valence-corrected chi connectivity index (χ2v) is 5.86. The van der Waals surface area contributed by atoms with Gasteiger partial charge in [-0.05, 0) is 12.3 Å². The Hall–Kier alpha value is -1.14. The van der Waals surface area contributed by atoms with Crippen LogP contribution in [0.1, 0.15) is 30.9 Å². The van der Waals surface area contributed by atoms with Crippen molar-refractivity contribution in [3.63, 3.8) is 0 Å². The number of rotatable bonds is 4. The summed E-state index contributed by atoms with van der Waals surface area (Å²) in [5, 5.41) is 3.16. The van der Waals surface area contributed by atoms with Crippen LogP contribution < -0.4 is 5.32 Å². The van der Waals surface area contributed by atoms with Crippen LogP contribution in [-0.2, 0) is 0 Å². The van der Waals surface area contributed by atoms with Crippen LogP contribution in [0.2, 0.25) is 0 Å². The fourth-order valence-corrected chi connectivity index (χ4v) is 3.00. The SMILES string of the molecule is Fc1cc(F)c(F)c([C@@H](CC2CC2)N2CCNCC2)c1F. The molecule has 1 aliphatic heterocycles. The highest BCUT2D eigenvalue weighted by Gasteiger charge is 2.35. The van der Waals surface area contributed by atoms with Gasteiger partial charge in [0.05, 0.1) is 0 Å². The van der Waals surface area contributed by atoms with Crippen molar-refractivity contribution in [3.8, 4) is 0 Å². The Bertz CT molecular complexity index is 499. The molecular formula is C15H18F4N2. The summed E-state index contributed by atoms with van der Waals surface area (Å²) in [4.78, 5) is 1.93. The Balaban J connectivity index is 1.98. The molecular weight excluding hydrogens is 284 g/mol. The molecule has 2 nitrogen and oxygen atoms in total. The van der Waals surface area contributed by atoms with E-state index in [4.69, 9.17) is 0 Å². The Kier molecular flexibility index (Phi) is 4.17. The molecule has 1 aliphatic carbocycles. The van der Waals surface area contributed by atoms with Gasteiger partial charge in [0, 0.05) is 43.9 Å². The van der Waals surface area contributed by atoms with Crippen LogP contribution in [0.4, 0.5) is 17.6 Å². The highest BCUT2D eigenvalue weighted by molar-refractivity contribution is 5.26. The fourth-order valence-electron chi connectivity index (χ4n) is 3.00. The lowest BCUT2D eigenvalue weighted by atomic mass is 9.97. The van der Waals surface area contributed by atoms with E-state index in [0.717, 1.165) is 12.8 Å². The molecule has 2 aliphatic rings. The van der Waals surface area contributed by atoms with E-state index in [1.807, 2.05) is 4.90 Å². The standard InChI is InChI=1S/C15H18F4N2/c16-10-8-11(17)15(19)13(14(10)18)12(7-9-1-2-9)21-5-3-20-4-6-21/h8-9,12,20H,1-7H2/t12-/m1/s1. The number of halogens is 4. The van der Waals surface area contributed by atoms with Crippen LogP contribution in [-0.4, -0.2) is 31.1 Å². The molecule has 116 valence electrons. The van der Waals surface area contributed by atoms with Gasteiger partial charge in [0.25, 0.3) is 0 Å². The Morgan fingerprint density at radius 1 is 1.05 bits per heavy atom. The number of hydrogen-bond acceptors (Lipinski definition) is 2. The van der Waals surface area contributed by atoms with Crippen molar-refractivity contribution in [2.24, 2.45) is 5.92 Å². The Labute approximate surface area is 121 Å². The van der Waals surface area contributed by atoms with Gasteiger partial charge in [-0.15, -0.1) is 0 Å². The van der Waals surface area contributed by atoms with Crippen molar-refractivity contribution >= 4 is 0 Å². The van der Waals surface area contributed by atoms with Gasteiger partial charge in [0.1, 0.15) is 0 Å². The van der Waals surface area contributed by atoms with Gasteiger partial charge in [0.15, 0.2) is 23.3 Å². The molecule has 1 N–H and O–H groups in total. The number of nitrogens with zero attached hydrogens (tertiary/aromatic N) is 1. The molecule has 1 aromatic rings. The maximum atomic E-state index is 14.1. The second-order valence-electron chi connectivity index (χ2n) is 5.86. The largest absolute Gasteiger partial charge is 0.314 e. The van der Waals surface area contributed by atoms with E-state index in [1.165, 1.54) is 0 Å².